The number of aromatic nitrogens is 2. The van der Waals surface area contributed by atoms with E-state index in [9.17, 15) is 26.7 Å². The number of nitrogens with one attached hydrogen (secondary N) is 1. The van der Waals surface area contributed by atoms with Crippen LogP contribution in [0.15, 0.2) is 35.7 Å². The van der Waals surface area contributed by atoms with Crippen LogP contribution in [0.4, 0.5) is 5.69 Å². The first-order chi connectivity index (χ1) is 16.2. The van der Waals surface area contributed by atoms with Crippen LogP contribution in [0.5, 0.6) is 5.75 Å². The van der Waals surface area contributed by atoms with Crippen LogP contribution in [0, 0.1) is 5.92 Å². The molecule has 2 N–H and O–H groups in total. The number of aliphatic hydroxyl groups is 1. The Balaban J connectivity index is 1.99. The van der Waals surface area contributed by atoms with Crippen molar-refractivity contribution in [2.24, 2.45) is 13.0 Å². The standard InChI is InChI=1S/C21H31N5O7S2/c1-14-9-26(15(2)12-27)21(28)17-8-16(23-34(5,29)30)6-7-18(17)33-19(14)10-25(4)35(31,32)20-11-24(3)13-22-20/h6-8,11,13-15,19,23,27H,9-10,12H2,1-5H3/t14-,15+,19-/m0/s1. The molecule has 0 aliphatic carbocycles. The molecule has 0 fully saturated rings. The van der Waals surface area contributed by atoms with Crippen LogP contribution in [0.3, 0.4) is 0 Å². The molecular weight excluding hydrogens is 498 g/mol. The number of imidazole rings is 1. The fourth-order valence-corrected chi connectivity index (χ4v) is 5.45. The van der Waals surface area contributed by atoms with Crippen molar-refractivity contribution in [1.29, 1.82) is 0 Å². The molecule has 0 bridgehead atoms. The number of aliphatic hydroxyl groups excluding tert-OH is 1. The lowest BCUT2D eigenvalue weighted by atomic mass is 9.99. The maximum absolute atomic E-state index is 13.4. The quantitative estimate of drug-likeness (QED) is 0.497. The highest BCUT2D eigenvalue weighted by Crippen LogP contribution is 2.31. The van der Waals surface area contributed by atoms with Crippen molar-refractivity contribution in [2.75, 3.05) is 37.7 Å². The predicted octanol–water partition coefficient (Wildman–Crippen LogP) is 0.332. The molecule has 194 valence electrons. The van der Waals surface area contributed by atoms with E-state index in [0.29, 0.717) is 0 Å². The molecule has 0 radical (unpaired) electrons. The van der Waals surface area contributed by atoms with Crippen molar-refractivity contribution < 1.29 is 31.5 Å². The molecule has 35 heavy (non-hydrogen) atoms. The second-order valence-electron chi connectivity index (χ2n) is 8.87. The third kappa shape index (κ3) is 6.12. The van der Waals surface area contributed by atoms with E-state index in [2.05, 4.69) is 9.71 Å². The Kier molecular flexibility index (Phi) is 7.79. The zero-order chi connectivity index (χ0) is 26.1. The highest BCUT2D eigenvalue weighted by Gasteiger charge is 2.35. The molecule has 1 aliphatic rings. The zero-order valence-electron chi connectivity index (χ0n) is 20.2. The van der Waals surface area contributed by atoms with Gasteiger partial charge in [-0.2, -0.15) is 4.31 Å². The fourth-order valence-electron chi connectivity index (χ4n) is 3.75. The molecule has 0 saturated carbocycles. The molecule has 1 aromatic heterocycles. The Morgan fingerprint density at radius 1 is 1.31 bits per heavy atom. The van der Waals surface area contributed by atoms with E-state index in [1.165, 1.54) is 47.2 Å². The van der Waals surface area contributed by atoms with Gasteiger partial charge < -0.3 is 19.3 Å². The first-order valence-corrected chi connectivity index (χ1v) is 14.2. The largest absolute Gasteiger partial charge is 0.488 e. The second kappa shape index (κ2) is 10.1. The smallest absolute Gasteiger partial charge is 0.261 e. The van der Waals surface area contributed by atoms with Crippen LogP contribution in [-0.4, -0.2) is 91.8 Å². The number of fused-ring (bicyclic) bond motifs is 1. The van der Waals surface area contributed by atoms with Crippen LogP contribution >= 0.6 is 0 Å². The minimum absolute atomic E-state index is 0.0294. The molecule has 0 spiro atoms. The molecule has 1 amide bonds. The van der Waals surface area contributed by atoms with E-state index in [1.807, 2.05) is 6.92 Å². The van der Waals surface area contributed by atoms with Gasteiger partial charge in [0, 0.05) is 38.4 Å². The van der Waals surface area contributed by atoms with Gasteiger partial charge in [-0.3, -0.25) is 9.52 Å². The molecule has 12 nitrogen and oxygen atoms in total. The second-order valence-corrected chi connectivity index (χ2v) is 12.6. The number of hydrogen-bond acceptors (Lipinski definition) is 8. The highest BCUT2D eigenvalue weighted by atomic mass is 32.2. The third-order valence-electron chi connectivity index (χ3n) is 5.76. The van der Waals surface area contributed by atoms with Crippen molar-refractivity contribution in [3.05, 3.63) is 36.3 Å². The monoisotopic (exact) mass is 529 g/mol. The third-order valence-corrected chi connectivity index (χ3v) is 8.08. The molecule has 2 aromatic rings. The number of carbonyl (C=O) groups is 1. The number of benzene rings is 1. The molecule has 0 saturated heterocycles. The van der Waals surface area contributed by atoms with E-state index in [-0.39, 0.29) is 47.6 Å². The summed E-state index contributed by atoms with van der Waals surface area (Å²) in [6, 6.07) is 3.78. The van der Waals surface area contributed by atoms with Gasteiger partial charge in [-0.25, -0.2) is 21.8 Å². The van der Waals surface area contributed by atoms with Gasteiger partial charge in [-0.1, -0.05) is 6.92 Å². The summed E-state index contributed by atoms with van der Waals surface area (Å²) < 4.78 is 60.6. The summed E-state index contributed by atoms with van der Waals surface area (Å²) in [5.74, 6) is -0.556. The SMILES string of the molecule is C[C@H](CO)N1C[C@H](C)[C@H](CN(C)S(=O)(=O)c2cn(C)cn2)Oc2ccc(NS(C)(=O)=O)cc2C1=O. The molecule has 1 aromatic carbocycles. The van der Waals surface area contributed by atoms with Crippen LogP contribution in [0.2, 0.25) is 0 Å². The first kappa shape index (κ1) is 26.9. The van der Waals surface area contributed by atoms with E-state index in [0.717, 1.165) is 10.6 Å². The summed E-state index contributed by atoms with van der Waals surface area (Å²) in [5.41, 5.74) is 0.283. The summed E-state index contributed by atoms with van der Waals surface area (Å²) in [4.78, 5) is 18.8. The van der Waals surface area contributed by atoms with Crippen molar-refractivity contribution in [2.45, 2.75) is 31.0 Å². The van der Waals surface area contributed by atoms with E-state index in [1.54, 1.807) is 14.0 Å². The van der Waals surface area contributed by atoms with Gasteiger partial charge in [0.15, 0.2) is 5.03 Å². The molecule has 0 unspecified atom stereocenters. The number of likely N-dealkylation sites (N-methyl/N-ethyl adjacent to an activating group) is 1. The number of ether oxygens (including phenoxy) is 1. The van der Waals surface area contributed by atoms with Gasteiger partial charge in [0.05, 0.1) is 37.3 Å². The minimum Gasteiger partial charge on any atom is -0.488 e. The number of aryl methyl sites for hydroxylation is 1. The average molecular weight is 530 g/mol. The van der Waals surface area contributed by atoms with Crippen molar-refractivity contribution in [1.82, 2.24) is 18.8 Å². The number of rotatable bonds is 8. The normalized spacial score (nSPS) is 20.1. The zero-order valence-corrected chi connectivity index (χ0v) is 21.9. The van der Waals surface area contributed by atoms with Crippen molar-refractivity contribution in [3.63, 3.8) is 0 Å². The molecule has 3 rings (SSSR count). The van der Waals surface area contributed by atoms with E-state index < -0.39 is 38.1 Å². The first-order valence-electron chi connectivity index (χ1n) is 10.9. The van der Waals surface area contributed by atoms with Gasteiger partial charge in [0.25, 0.3) is 15.9 Å². The van der Waals surface area contributed by atoms with Crippen LogP contribution in [-0.2, 0) is 27.1 Å². The Hall–Kier alpha value is -2.68. The number of amides is 1. The number of carbonyl (C=O) groups excluding carboxylic acids is 1. The van der Waals surface area contributed by atoms with Crippen LogP contribution in [0.1, 0.15) is 24.2 Å². The van der Waals surface area contributed by atoms with Gasteiger partial charge in [-0.05, 0) is 25.1 Å². The summed E-state index contributed by atoms with van der Waals surface area (Å²) >= 11 is 0. The maximum Gasteiger partial charge on any atom is 0.261 e. The lowest BCUT2D eigenvalue weighted by molar-refractivity contribution is 0.0387. The van der Waals surface area contributed by atoms with Crippen LogP contribution < -0.4 is 9.46 Å². The number of sulfonamides is 2. The average Bonchev–Trinajstić information content (AvgIpc) is 3.22. The molecule has 1 aliphatic heterocycles. The Morgan fingerprint density at radius 3 is 2.57 bits per heavy atom. The lowest BCUT2D eigenvalue weighted by Crippen LogP contribution is -2.50. The van der Waals surface area contributed by atoms with Gasteiger partial charge in [0.2, 0.25) is 10.0 Å². The number of hydrogen-bond donors (Lipinski definition) is 2. The molecule has 3 atom stereocenters. The molecular formula is C21H31N5O7S2. The molecule has 2 heterocycles. The maximum atomic E-state index is 13.4. The Morgan fingerprint density at radius 2 is 2.00 bits per heavy atom. The van der Waals surface area contributed by atoms with Gasteiger partial charge in [0.1, 0.15) is 11.9 Å². The predicted molar refractivity (Wildman–Crippen MR) is 129 cm³/mol. The fraction of sp³-hybridized carbons (Fsp3) is 0.524. The van der Waals surface area contributed by atoms with E-state index in [4.69, 9.17) is 4.74 Å². The Labute approximate surface area is 205 Å². The Bertz CT molecular complexity index is 1290. The minimum atomic E-state index is -3.89. The topological polar surface area (TPSA) is 151 Å². The highest BCUT2D eigenvalue weighted by molar-refractivity contribution is 7.92. The summed E-state index contributed by atoms with van der Waals surface area (Å²) in [5, 5.41) is 9.65. The number of nitrogens with zero attached hydrogens (tertiary/aromatic N) is 4. The van der Waals surface area contributed by atoms with Gasteiger partial charge >= 0.3 is 0 Å². The summed E-state index contributed by atoms with van der Waals surface area (Å²) in [6.45, 7) is 3.40. The van der Waals surface area contributed by atoms with Crippen molar-refractivity contribution >= 4 is 31.6 Å². The lowest BCUT2D eigenvalue weighted by Gasteiger charge is -2.38. The van der Waals surface area contributed by atoms with E-state index >= 15 is 0 Å². The van der Waals surface area contributed by atoms with Crippen molar-refractivity contribution in [3.8, 4) is 5.75 Å². The summed E-state index contributed by atoms with van der Waals surface area (Å²) in [6.07, 6.45) is 3.14. The van der Waals surface area contributed by atoms with Crippen LogP contribution in [0.25, 0.3) is 0 Å². The van der Waals surface area contributed by atoms with Gasteiger partial charge in [-0.15, -0.1) is 0 Å². The molecule has 14 heteroatoms. The number of anilines is 1. The summed E-state index contributed by atoms with van der Waals surface area (Å²) in [7, 11) is -4.37.